The maximum absolute atomic E-state index is 3.71. The van der Waals surface area contributed by atoms with Gasteiger partial charge >= 0.3 is 0 Å². The maximum atomic E-state index is 3.71. The normalized spacial score (nSPS) is 32.8. The standard InChI is InChI=1S/C15H20BrN/c1-14(2)13(9-17-3)15(14)8-7-10-11(15)5-4-6-12(10)16/h4-6,13,17H,7-9H2,1-3H3. The lowest BCUT2D eigenvalue weighted by molar-refractivity contribution is 0.490. The van der Waals surface area contributed by atoms with Crippen molar-refractivity contribution in [2.45, 2.75) is 32.1 Å². The van der Waals surface area contributed by atoms with Crippen molar-refractivity contribution in [1.29, 1.82) is 0 Å². The van der Waals surface area contributed by atoms with Crippen LogP contribution in [0.2, 0.25) is 0 Å². The van der Waals surface area contributed by atoms with E-state index in [4.69, 9.17) is 0 Å². The fourth-order valence-electron chi connectivity index (χ4n) is 4.32. The van der Waals surface area contributed by atoms with Crippen LogP contribution >= 0.6 is 15.9 Å². The van der Waals surface area contributed by atoms with Crippen LogP contribution in [-0.4, -0.2) is 13.6 Å². The molecule has 0 saturated heterocycles. The first-order valence-corrected chi connectivity index (χ1v) is 7.27. The Morgan fingerprint density at radius 2 is 2.18 bits per heavy atom. The van der Waals surface area contributed by atoms with Crippen LogP contribution in [0.4, 0.5) is 0 Å². The zero-order chi connectivity index (χ0) is 12.3. The van der Waals surface area contributed by atoms with Gasteiger partial charge in [0.25, 0.3) is 0 Å². The Kier molecular flexibility index (Phi) is 2.47. The average molecular weight is 294 g/mol. The summed E-state index contributed by atoms with van der Waals surface area (Å²) in [6.07, 6.45) is 2.56. The monoisotopic (exact) mass is 293 g/mol. The highest BCUT2D eigenvalue weighted by atomic mass is 79.9. The molecule has 1 aromatic carbocycles. The zero-order valence-electron chi connectivity index (χ0n) is 10.8. The molecule has 1 aromatic rings. The summed E-state index contributed by atoms with van der Waals surface area (Å²) in [7, 11) is 2.07. The van der Waals surface area contributed by atoms with E-state index in [0.717, 1.165) is 12.5 Å². The molecule has 0 radical (unpaired) electrons. The van der Waals surface area contributed by atoms with E-state index >= 15 is 0 Å². The lowest BCUT2D eigenvalue weighted by Crippen LogP contribution is -2.16. The molecule has 2 atom stereocenters. The molecule has 1 spiro atoms. The highest BCUT2D eigenvalue weighted by molar-refractivity contribution is 9.10. The first-order chi connectivity index (χ1) is 8.05. The van der Waals surface area contributed by atoms with Crippen molar-refractivity contribution in [3.63, 3.8) is 0 Å². The van der Waals surface area contributed by atoms with Crippen molar-refractivity contribution in [3.05, 3.63) is 33.8 Å². The minimum Gasteiger partial charge on any atom is -0.319 e. The summed E-state index contributed by atoms with van der Waals surface area (Å²) >= 11 is 3.71. The number of fused-ring (bicyclic) bond motifs is 2. The van der Waals surface area contributed by atoms with E-state index in [-0.39, 0.29) is 0 Å². The third-order valence-electron chi connectivity index (χ3n) is 5.31. The lowest BCUT2D eigenvalue weighted by atomic mass is 9.89. The zero-order valence-corrected chi connectivity index (χ0v) is 12.4. The summed E-state index contributed by atoms with van der Waals surface area (Å²) < 4.78 is 1.30. The topological polar surface area (TPSA) is 12.0 Å². The molecular weight excluding hydrogens is 274 g/mol. The Balaban J connectivity index is 2.07. The van der Waals surface area contributed by atoms with Gasteiger partial charge < -0.3 is 5.32 Å². The molecule has 0 aliphatic heterocycles. The predicted octanol–water partition coefficient (Wildman–Crippen LogP) is 3.51. The summed E-state index contributed by atoms with van der Waals surface area (Å²) in [5.41, 5.74) is 4.05. The van der Waals surface area contributed by atoms with Crippen LogP contribution in [-0.2, 0) is 11.8 Å². The molecule has 1 N–H and O–H groups in total. The van der Waals surface area contributed by atoms with Gasteiger partial charge in [0.1, 0.15) is 0 Å². The second-order valence-corrected chi connectivity index (χ2v) is 6.92. The van der Waals surface area contributed by atoms with Gasteiger partial charge in [-0.1, -0.05) is 41.9 Å². The molecule has 2 aliphatic rings. The first-order valence-electron chi connectivity index (χ1n) is 6.48. The van der Waals surface area contributed by atoms with Crippen molar-refractivity contribution < 1.29 is 0 Å². The molecule has 92 valence electrons. The van der Waals surface area contributed by atoms with Crippen LogP contribution in [0.3, 0.4) is 0 Å². The highest BCUT2D eigenvalue weighted by Crippen LogP contribution is 2.74. The number of hydrogen-bond acceptors (Lipinski definition) is 1. The molecule has 17 heavy (non-hydrogen) atoms. The number of rotatable bonds is 2. The lowest BCUT2D eigenvalue weighted by Gasteiger charge is -2.15. The van der Waals surface area contributed by atoms with Crippen LogP contribution in [0, 0.1) is 11.3 Å². The van der Waals surface area contributed by atoms with Crippen LogP contribution in [0.1, 0.15) is 31.4 Å². The number of nitrogens with one attached hydrogen (secondary N) is 1. The molecular formula is C15H20BrN. The molecule has 2 heteroatoms. The Bertz CT molecular complexity index is 466. The van der Waals surface area contributed by atoms with Gasteiger partial charge in [-0.15, -0.1) is 0 Å². The van der Waals surface area contributed by atoms with E-state index in [1.807, 2.05) is 0 Å². The number of hydrogen-bond donors (Lipinski definition) is 1. The average Bonchev–Trinajstić information content (AvgIpc) is 2.62. The quantitative estimate of drug-likeness (QED) is 0.880. The van der Waals surface area contributed by atoms with E-state index in [2.05, 4.69) is 60.3 Å². The largest absolute Gasteiger partial charge is 0.319 e. The van der Waals surface area contributed by atoms with Gasteiger partial charge in [-0.3, -0.25) is 0 Å². The van der Waals surface area contributed by atoms with Gasteiger partial charge in [-0.2, -0.15) is 0 Å². The Labute approximate surface area is 112 Å². The van der Waals surface area contributed by atoms with Gasteiger partial charge in [0.15, 0.2) is 0 Å². The van der Waals surface area contributed by atoms with Crippen LogP contribution in [0.5, 0.6) is 0 Å². The highest BCUT2D eigenvalue weighted by Gasteiger charge is 2.72. The second kappa shape index (κ2) is 3.58. The molecule has 0 aromatic heterocycles. The fourth-order valence-corrected chi connectivity index (χ4v) is 4.88. The predicted molar refractivity (Wildman–Crippen MR) is 75.3 cm³/mol. The Hall–Kier alpha value is -0.340. The number of halogens is 1. The SMILES string of the molecule is CNCC1C(C)(C)C12CCc1c(Br)cccc12. The summed E-state index contributed by atoms with van der Waals surface area (Å²) in [6, 6.07) is 6.73. The molecule has 1 nitrogen and oxygen atoms in total. The third-order valence-corrected chi connectivity index (χ3v) is 6.05. The van der Waals surface area contributed by atoms with Crippen molar-refractivity contribution in [2.24, 2.45) is 11.3 Å². The number of benzene rings is 1. The van der Waals surface area contributed by atoms with E-state index in [0.29, 0.717) is 10.8 Å². The van der Waals surface area contributed by atoms with Gasteiger partial charge in [0.05, 0.1) is 0 Å². The molecule has 2 unspecified atom stereocenters. The molecule has 1 saturated carbocycles. The van der Waals surface area contributed by atoms with Gasteiger partial charge in [0.2, 0.25) is 0 Å². The molecule has 1 fully saturated rings. The first kappa shape index (κ1) is 11.7. The molecule has 0 amide bonds. The minimum atomic E-state index is 0.440. The van der Waals surface area contributed by atoms with E-state index < -0.39 is 0 Å². The molecule has 0 bridgehead atoms. The van der Waals surface area contributed by atoms with Crippen molar-refractivity contribution in [1.82, 2.24) is 5.32 Å². The van der Waals surface area contributed by atoms with Crippen molar-refractivity contribution >= 4 is 15.9 Å². The Morgan fingerprint density at radius 1 is 1.41 bits per heavy atom. The molecule has 3 rings (SSSR count). The van der Waals surface area contributed by atoms with Gasteiger partial charge in [-0.25, -0.2) is 0 Å². The van der Waals surface area contributed by atoms with Crippen molar-refractivity contribution in [3.8, 4) is 0 Å². The van der Waals surface area contributed by atoms with Gasteiger partial charge in [-0.05, 0) is 55.0 Å². The van der Waals surface area contributed by atoms with Crippen LogP contribution in [0.25, 0.3) is 0 Å². The smallest absolute Gasteiger partial charge is 0.0210 e. The molecule has 0 heterocycles. The van der Waals surface area contributed by atoms with Gasteiger partial charge in [0, 0.05) is 9.89 Å². The second-order valence-electron chi connectivity index (χ2n) is 6.07. The van der Waals surface area contributed by atoms with Crippen molar-refractivity contribution in [2.75, 3.05) is 13.6 Å². The van der Waals surface area contributed by atoms with Crippen LogP contribution in [0.15, 0.2) is 22.7 Å². The van der Waals surface area contributed by atoms with Crippen LogP contribution < -0.4 is 5.32 Å². The molecule has 2 aliphatic carbocycles. The summed E-state index contributed by atoms with van der Waals surface area (Å²) in [5, 5.41) is 3.37. The Morgan fingerprint density at radius 3 is 2.88 bits per heavy atom. The minimum absolute atomic E-state index is 0.440. The maximum Gasteiger partial charge on any atom is 0.0210 e. The summed E-state index contributed by atoms with van der Waals surface area (Å²) in [4.78, 5) is 0. The summed E-state index contributed by atoms with van der Waals surface area (Å²) in [6.45, 7) is 6.01. The van der Waals surface area contributed by atoms with E-state index in [1.165, 1.54) is 17.3 Å². The fraction of sp³-hybridized carbons (Fsp3) is 0.600. The van der Waals surface area contributed by atoms with E-state index in [1.54, 1.807) is 11.1 Å². The van der Waals surface area contributed by atoms with E-state index in [9.17, 15) is 0 Å². The third kappa shape index (κ3) is 1.29. The summed E-state index contributed by atoms with van der Waals surface area (Å²) in [5.74, 6) is 0.788.